The molecule has 8 nitrogen and oxygen atoms in total. The molecular formula is C23H22F3N3O5. The van der Waals surface area contributed by atoms with Gasteiger partial charge in [-0.15, -0.1) is 0 Å². The summed E-state index contributed by atoms with van der Waals surface area (Å²) in [5.74, 6) is -2.39. The molecule has 3 aromatic rings. The minimum absolute atomic E-state index is 0.166. The Bertz CT molecular complexity index is 1210. The Morgan fingerprint density at radius 2 is 1.71 bits per heavy atom. The lowest BCUT2D eigenvalue weighted by molar-refractivity contribution is 0.00794. The van der Waals surface area contributed by atoms with Gasteiger partial charge in [0, 0.05) is 30.9 Å². The SMILES string of the molecule is O[C@@H]1CO[C@H]2[C@@H]1OC[C@H]2Oc1cc2nc(-c3c(F)cc(N4CCOCC4)cc3F)c(F)cc2[nH]1. The van der Waals surface area contributed by atoms with E-state index in [-0.39, 0.29) is 24.6 Å². The number of pyridine rings is 1. The molecule has 0 aliphatic carbocycles. The summed E-state index contributed by atoms with van der Waals surface area (Å²) < 4.78 is 67.1. The first kappa shape index (κ1) is 21.7. The molecule has 3 aliphatic heterocycles. The summed E-state index contributed by atoms with van der Waals surface area (Å²) in [7, 11) is 0. The van der Waals surface area contributed by atoms with Crippen molar-refractivity contribution in [3.63, 3.8) is 0 Å². The van der Waals surface area contributed by atoms with Gasteiger partial charge in [-0.25, -0.2) is 18.2 Å². The molecule has 0 saturated carbocycles. The van der Waals surface area contributed by atoms with Crippen LogP contribution in [0.15, 0.2) is 24.3 Å². The van der Waals surface area contributed by atoms with Crippen LogP contribution in [0.4, 0.5) is 18.9 Å². The molecule has 0 bridgehead atoms. The summed E-state index contributed by atoms with van der Waals surface area (Å²) in [5.41, 5.74) is 0.0147. The van der Waals surface area contributed by atoms with E-state index < -0.39 is 53.1 Å². The van der Waals surface area contributed by atoms with Crippen molar-refractivity contribution in [2.45, 2.75) is 24.4 Å². The lowest BCUT2D eigenvalue weighted by Crippen LogP contribution is -2.36. The van der Waals surface area contributed by atoms with Crippen molar-refractivity contribution in [2.24, 2.45) is 0 Å². The summed E-state index contributed by atoms with van der Waals surface area (Å²) in [6.45, 7) is 2.36. The van der Waals surface area contributed by atoms with Crippen LogP contribution in [-0.2, 0) is 14.2 Å². The van der Waals surface area contributed by atoms with Gasteiger partial charge >= 0.3 is 0 Å². The zero-order valence-electron chi connectivity index (χ0n) is 18.0. The molecule has 1 aromatic carbocycles. The number of aromatic nitrogens is 2. The Kier molecular flexibility index (Phi) is 5.36. The summed E-state index contributed by atoms with van der Waals surface area (Å²) >= 11 is 0. The highest BCUT2D eigenvalue weighted by Crippen LogP contribution is 2.34. The van der Waals surface area contributed by atoms with Crippen molar-refractivity contribution in [1.29, 1.82) is 0 Å². The number of anilines is 1. The Hall–Kier alpha value is -2.86. The third kappa shape index (κ3) is 3.68. The fourth-order valence-corrected chi connectivity index (χ4v) is 4.74. The van der Waals surface area contributed by atoms with Gasteiger partial charge in [0.25, 0.3) is 0 Å². The van der Waals surface area contributed by atoms with Gasteiger partial charge in [0.2, 0.25) is 0 Å². The van der Waals surface area contributed by atoms with E-state index >= 15 is 0 Å². The van der Waals surface area contributed by atoms with Crippen LogP contribution in [0.5, 0.6) is 5.88 Å². The third-order valence-electron chi connectivity index (χ3n) is 6.43. The number of morpholine rings is 1. The summed E-state index contributed by atoms with van der Waals surface area (Å²) in [5, 5.41) is 9.87. The standard InChI is InChI=1S/C23H22F3N3O5/c24-12-5-11(29-1-3-31-4-2-29)6-13(25)20(12)21-14(26)7-15-16(28-21)8-19(27-15)34-18-10-33-22-17(30)9-32-23(18)22/h5-8,17-18,22-23,27,30H,1-4,9-10H2/t17-,18-,22-,23-/m1/s1. The van der Waals surface area contributed by atoms with Crippen molar-refractivity contribution in [3.8, 4) is 17.1 Å². The van der Waals surface area contributed by atoms with E-state index in [1.54, 1.807) is 0 Å². The Balaban J connectivity index is 1.29. The van der Waals surface area contributed by atoms with Crippen LogP contribution in [0.25, 0.3) is 22.3 Å². The van der Waals surface area contributed by atoms with Crippen molar-refractivity contribution in [3.05, 3.63) is 41.7 Å². The monoisotopic (exact) mass is 477 g/mol. The molecule has 3 fully saturated rings. The topological polar surface area (TPSA) is 89.1 Å². The van der Waals surface area contributed by atoms with Crippen LogP contribution in [0.3, 0.4) is 0 Å². The number of aromatic amines is 1. The van der Waals surface area contributed by atoms with Crippen LogP contribution < -0.4 is 9.64 Å². The van der Waals surface area contributed by atoms with Crippen LogP contribution in [0.2, 0.25) is 0 Å². The predicted octanol–water partition coefficient (Wildman–Crippen LogP) is 2.39. The van der Waals surface area contributed by atoms with Crippen LogP contribution >= 0.6 is 0 Å². The minimum Gasteiger partial charge on any atom is -0.470 e. The van der Waals surface area contributed by atoms with E-state index in [0.717, 1.165) is 6.07 Å². The van der Waals surface area contributed by atoms with Crippen LogP contribution in [-0.4, -0.2) is 79.0 Å². The number of hydrogen-bond acceptors (Lipinski definition) is 7. The second-order valence-corrected chi connectivity index (χ2v) is 8.59. The number of H-pyrrole nitrogens is 1. The maximum absolute atomic E-state index is 15.0. The second-order valence-electron chi connectivity index (χ2n) is 8.59. The molecule has 5 heterocycles. The number of hydrogen-bond donors (Lipinski definition) is 2. The predicted molar refractivity (Wildman–Crippen MR) is 114 cm³/mol. The molecule has 0 unspecified atom stereocenters. The highest BCUT2D eigenvalue weighted by Gasteiger charge is 2.48. The molecule has 3 saturated heterocycles. The quantitative estimate of drug-likeness (QED) is 0.597. The number of aliphatic hydroxyl groups excluding tert-OH is 1. The molecule has 0 spiro atoms. The number of halogens is 3. The zero-order chi connectivity index (χ0) is 23.4. The van der Waals surface area contributed by atoms with Gasteiger partial charge in [0.1, 0.15) is 35.6 Å². The summed E-state index contributed by atoms with van der Waals surface area (Å²) in [4.78, 5) is 8.90. The molecule has 3 aliphatic rings. The molecular weight excluding hydrogens is 455 g/mol. The molecule has 0 amide bonds. The Morgan fingerprint density at radius 1 is 0.971 bits per heavy atom. The van der Waals surface area contributed by atoms with Crippen molar-refractivity contribution in [1.82, 2.24) is 9.97 Å². The van der Waals surface area contributed by atoms with Gasteiger partial charge in [-0.1, -0.05) is 0 Å². The first-order valence-corrected chi connectivity index (χ1v) is 11.1. The summed E-state index contributed by atoms with van der Waals surface area (Å²) in [6.07, 6.45) is -2.06. The largest absolute Gasteiger partial charge is 0.470 e. The molecule has 2 N–H and O–H groups in total. The second kappa shape index (κ2) is 8.42. The van der Waals surface area contributed by atoms with Gasteiger partial charge in [-0.3, -0.25) is 0 Å². The van der Waals surface area contributed by atoms with E-state index in [0.29, 0.717) is 37.5 Å². The maximum Gasteiger partial charge on any atom is 0.193 e. The third-order valence-corrected chi connectivity index (χ3v) is 6.43. The van der Waals surface area contributed by atoms with Gasteiger partial charge in [-0.2, -0.15) is 0 Å². The maximum atomic E-state index is 15.0. The fraction of sp³-hybridized carbons (Fsp3) is 0.435. The van der Waals surface area contributed by atoms with Crippen LogP contribution in [0, 0.1) is 17.5 Å². The number of nitrogens with zero attached hydrogens (tertiary/aromatic N) is 2. The number of nitrogens with one attached hydrogen (secondary N) is 1. The minimum atomic E-state index is -0.898. The van der Waals surface area contributed by atoms with Gasteiger partial charge in [0.15, 0.2) is 17.8 Å². The van der Waals surface area contributed by atoms with E-state index in [1.807, 2.05) is 4.90 Å². The molecule has 11 heteroatoms. The van der Waals surface area contributed by atoms with E-state index in [1.165, 1.54) is 18.2 Å². The number of aliphatic hydroxyl groups is 1. The average molecular weight is 477 g/mol. The first-order chi connectivity index (χ1) is 16.5. The van der Waals surface area contributed by atoms with E-state index in [2.05, 4.69) is 9.97 Å². The molecule has 6 rings (SSSR count). The number of benzene rings is 1. The lowest BCUT2D eigenvalue weighted by Gasteiger charge is -2.29. The van der Waals surface area contributed by atoms with Crippen molar-refractivity contribution >= 4 is 16.7 Å². The Labute approximate surface area is 192 Å². The molecule has 180 valence electrons. The molecule has 0 radical (unpaired) electrons. The number of rotatable bonds is 4. The van der Waals surface area contributed by atoms with Crippen molar-refractivity contribution in [2.75, 3.05) is 44.4 Å². The average Bonchev–Trinajstić information content (AvgIpc) is 3.51. The highest BCUT2D eigenvalue weighted by atomic mass is 19.1. The first-order valence-electron chi connectivity index (χ1n) is 11.1. The Morgan fingerprint density at radius 3 is 2.47 bits per heavy atom. The lowest BCUT2D eigenvalue weighted by atomic mass is 10.1. The van der Waals surface area contributed by atoms with Crippen molar-refractivity contribution < 1.29 is 37.2 Å². The number of ether oxygens (including phenoxy) is 4. The van der Waals surface area contributed by atoms with Crippen LogP contribution in [0.1, 0.15) is 0 Å². The molecule has 34 heavy (non-hydrogen) atoms. The zero-order valence-corrected chi connectivity index (χ0v) is 18.0. The number of fused-ring (bicyclic) bond motifs is 2. The molecule has 4 atom stereocenters. The highest BCUT2D eigenvalue weighted by molar-refractivity contribution is 5.81. The molecule has 2 aromatic heterocycles. The smallest absolute Gasteiger partial charge is 0.193 e. The van der Waals surface area contributed by atoms with Gasteiger partial charge in [0.05, 0.1) is 43.0 Å². The summed E-state index contributed by atoms with van der Waals surface area (Å²) in [6, 6.07) is 5.03. The van der Waals surface area contributed by atoms with E-state index in [9.17, 15) is 18.3 Å². The van der Waals surface area contributed by atoms with Gasteiger partial charge in [-0.05, 0) is 12.1 Å². The normalized spacial score (nSPS) is 26.9. The van der Waals surface area contributed by atoms with Gasteiger partial charge < -0.3 is 33.9 Å². The fourth-order valence-electron chi connectivity index (χ4n) is 4.74. The van der Waals surface area contributed by atoms with E-state index in [4.69, 9.17) is 18.9 Å².